The molecule has 0 aliphatic heterocycles. The van der Waals surface area contributed by atoms with E-state index in [1.165, 1.54) is 0 Å². The Morgan fingerprint density at radius 1 is 1.37 bits per heavy atom. The average Bonchev–Trinajstić information content (AvgIpc) is 2.87. The molecule has 5 nitrogen and oxygen atoms in total. The van der Waals surface area contributed by atoms with E-state index in [0.29, 0.717) is 24.7 Å². The average molecular weight is 326 g/mol. The van der Waals surface area contributed by atoms with Gasteiger partial charge < -0.3 is 14.6 Å². The summed E-state index contributed by atoms with van der Waals surface area (Å²) in [5, 5.41) is 7.14. The summed E-state index contributed by atoms with van der Waals surface area (Å²) in [5.41, 5.74) is 0.936. The molecule has 0 fully saturated rings. The summed E-state index contributed by atoms with van der Waals surface area (Å²) in [4.78, 5) is 4.39. The topological polar surface area (TPSA) is 60.2 Å². The Morgan fingerprint density at radius 3 is 2.74 bits per heavy atom. The number of aromatic nitrogens is 2. The molecule has 0 aliphatic rings. The van der Waals surface area contributed by atoms with Crippen molar-refractivity contribution in [2.45, 2.75) is 12.5 Å². The maximum Gasteiger partial charge on any atom is 0.228 e. The van der Waals surface area contributed by atoms with Gasteiger partial charge in [-0.25, -0.2) is 0 Å². The van der Waals surface area contributed by atoms with Crippen molar-refractivity contribution in [3.63, 3.8) is 0 Å². The van der Waals surface area contributed by atoms with Crippen molar-refractivity contribution >= 4 is 15.9 Å². The van der Waals surface area contributed by atoms with Gasteiger partial charge in [-0.1, -0.05) is 21.1 Å². The van der Waals surface area contributed by atoms with Gasteiger partial charge in [0.05, 0.1) is 6.61 Å². The molecule has 0 saturated carbocycles. The lowest BCUT2D eigenvalue weighted by molar-refractivity contribution is 0.165. The fourth-order valence-corrected chi connectivity index (χ4v) is 1.97. The fraction of sp³-hybridized carbons (Fsp3) is 0.385. The Bertz CT molecular complexity index is 513. The van der Waals surface area contributed by atoms with Gasteiger partial charge in [-0.2, -0.15) is 4.98 Å². The van der Waals surface area contributed by atoms with Crippen molar-refractivity contribution in [2.75, 3.05) is 20.8 Å². The van der Waals surface area contributed by atoms with Crippen molar-refractivity contribution in [3.8, 4) is 11.4 Å². The molecular formula is C13H16BrN3O2. The number of ether oxygens (including phenoxy) is 1. The maximum atomic E-state index is 5.26. The minimum absolute atomic E-state index is 0.170. The molecule has 0 radical (unpaired) electrons. The van der Waals surface area contributed by atoms with Crippen molar-refractivity contribution in [3.05, 3.63) is 34.6 Å². The first-order valence-corrected chi connectivity index (χ1v) is 6.77. The van der Waals surface area contributed by atoms with Crippen molar-refractivity contribution < 1.29 is 9.26 Å². The second-order valence-corrected chi connectivity index (χ2v) is 5.08. The Morgan fingerprint density at radius 2 is 2.11 bits per heavy atom. The van der Waals surface area contributed by atoms with Crippen LogP contribution in [0.2, 0.25) is 0 Å². The quantitative estimate of drug-likeness (QED) is 0.882. The summed E-state index contributed by atoms with van der Waals surface area (Å²) in [6.07, 6.45) is 0.647. The van der Waals surface area contributed by atoms with E-state index in [9.17, 15) is 0 Å². The number of nitrogens with zero attached hydrogens (tertiary/aromatic N) is 2. The lowest BCUT2D eigenvalue weighted by atomic mass is 10.2. The molecule has 1 atom stereocenters. The minimum atomic E-state index is 0.170. The van der Waals surface area contributed by atoms with E-state index < -0.39 is 0 Å². The summed E-state index contributed by atoms with van der Waals surface area (Å²) in [6.45, 7) is 0.604. The SMILES string of the molecule is CNC(COC)Cc1nc(-c2ccc(Br)cc2)no1. The Kier molecular flexibility index (Phi) is 5.07. The molecule has 0 spiro atoms. The highest BCUT2D eigenvalue weighted by Crippen LogP contribution is 2.19. The van der Waals surface area contributed by atoms with Crippen LogP contribution in [0.1, 0.15) is 5.89 Å². The normalized spacial score (nSPS) is 12.6. The van der Waals surface area contributed by atoms with E-state index in [1.807, 2.05) is 31.3 Å². The van der Waals surface area contributed by atoms with E-state index >= 15 is 0 Å². The predicted octanol–water partition coefficient (Wildman–Crippen LogP) is 2.28. The van der Waals surface area contributed by atoms with Crippen LogP contribution in [0.5, 0.6) is 0 Å². The van der Waals surface area contributed by atoms with Crippen LogP contribution in [-0.4, -0.2) is 36.9 Å². The van der Waals surface area contributed by atoms with E-state index in [-0.39, 0.29) is 6.04 Å². The van der Waals surface area contributed by atoms with Crippen LogP contribution in [0.15, 0.2) is 33.3 Å². The highest BCUT2D eigenvalue weighted by Gasteiger charge is 2.13. The molecule has 0 saturated heterocycles. The molecule has 6 heteroatoms. The molecule has 2 rings (SSSR count). The first-order valence-electron chi connectivity index (χ1n) is 5.97. The van der Waals surface area contributed by atoms with Gasteiger partial charge in [0.1, 0.15) is 0 Å². The number of halogens is 1. The van der Waals surface area contributed by atoms with E-state index in [2.05, 4.69) is 31.4 Å². The minimum Gasteiger partial charge on any atom is -0.383 e. The molecule has 1 N–H and O–H groups in total. The standard InChI is InChI=1S/C13H16BrN3O2/c1-15-11(8-18-2)7-12-16-13(17-19-12)9-3-5-10(14)6-4-9/h3-6,11,15H,7-8H2,1-2H3. The number of likely N-dealkylation sites (N-methyl/N-ethyl adjacent to an activating group) is 1. The van der Waals surface area contributed by atoms with E-state index in [0.717, 1.165) is 10.0 Å². The number of methoxy groups -OCH3 is 1. The Hall–Kier alpha value is -1.24. The summed E-state index contributed by atoms with van der Waals surface area (Å²) in [5.74, 6) is 1.21. The monoisotopic (exact) mass is 325 g/mol. The largest absolute Gasteiger partial charge is 0.383 e. The lowest BCUT2D eigenvalue weighted by Gasteiger charge is -2.11. The van der Waals surface area contributed by atoms with Crippen molar-refractivity contribution in [1.82, 2.24) is 15.5 Å². The Balaban J connectivity index is 2.08. The van der Waals surface area contributed by atoms with E-state index in [1.54, 1.807) is 7.11 Å². The third kappa shape index (κ3) is 3.86. The lowest BCUT2D eigenvalue weighted by Crippen LogP contribution is -2.32. The van der Waals surface area contributed by atoms with Crippen molar-refractivity contribution in [2.24, 2.45) is 0 Å². The number of benzene rings is 1. The second-order valence-electron chi connectivity index (χ2n) is 4.16. The van der Waals surface area contributed by atoms with Gasteiger partial charge in [-0.15, -0.1) is 0 Å². The summed E-state index contributed by atoms with van der Waals surface area (Å²) < 4.78 is 11.4. The number of rotatable bonds is 6. The van der Waals surface area contributed by atoms with Crippen LogP contribution < -0.4 is 5.32 Å². The molecule has 102 valence electrons. The van der Waals surface area contributed by atoms with Gasteiger partial charge in [0, 0.05) is 29.6 Å². The predicted molar refractivity (Wildman–Crippen MR) is 75.9 cm³/mol. The summed E-state index contributed by atoms with van der Waals surface area (Å²) in [7, 11) is 3.56. The van der Waals surface area contributed by atoms with Gasteiger partial charge in [0.2, 0.25) is 11.7 Å². The highest BCUT2D eigenvalue weighted by molar-refractivity contribution is 9.10. The van der Waals surface area contributed by atoms with Crippen LogP contribution in [0.25, 0.3) is 11.4 Å². The zero-order valence-corrected chi connectivity index (χ0v) is 12.5. The van der Waals surface area contributed by atoms with Crippen LogP contribution in [-0.2, 0) is 11.2 Å². The van der Waals surface area contributed by atoms with Gasteiger partial charge in [-0.05, 0) is 31.3 Å². The summed E-state index contributed by atoms with van der Waals surface area (Å²) >= 11 is 3.40. The number of hydrogen-bond donors (Lipinski definition) is 1. The molecule has 0 amide bonds. The molecule has 1 aromatic carbocycles. The van der Waals surface area contributed by atoms with Gasteiger partial charge in [0.15, 0.2) is 0 Å². The van der Waals surface area contributed by atoms with Crippen LogP contribution in [0.4, 0.5) is 0 Å². The van der Waals surface area contributed by atoms with Gasteiger partial charge in [0.25, 0.3) is 0 Å². The van der Waals surface area contributed by atoms with Gasteiger partial charge >= 0.3 is 0 Å². The fourth-order valence-electron chi connectivity index (χ4n) is 1.71. The van der Waals surface area contributed by atoms with Crippen molar-refractivity contribution in [1.29, 1.82) is 0 Å². The molecule has 1 heterocycles. The first kappa shape index (κ1) is 14.2. The molecule has 1 unspecified atom stereocenters. The number of nitrogens with one attached hydrogen (secondary N) is 1. The first-order chi connectivity index (χ1) is 9.22. The van der Waals surface area contributed by atoms with E-state index in [4.69, 9.17) is 9.26 Å². The van der Waals surface area contributed by atoms with Crippen LogP contribution >= 0.6 is 15.9 Å². The zero-order valence-electron chi connectivity index (χ0n) is 10.9. The molecule has 1 aromatic heterocycles. The molecule has 2 aromatic rings. The number of hydrogen-bond acceptors (Lipinski definition) is 5. The van der Waals surface area contributed by atoms with Crippen LogP contribution in [0.3, 0.4) is 0 Å². The molecule has 0 aliphatic carbocycles. The zero-order chi connectivity index (χ0) is 13.7. The molecular weight excluding hydrogens is 310 g/mol. The summed E-state index contributed by atoms with van der Waals surface area (Å²) in [6, 6.07) is 7.97. The third-order valence-corrected chi connectivity index (χ3v) is 3.30. The smallest absolute Gasteiger partial charge is 0.228 e. The molecule has 19 heavy (non-hydrogen) atoms. The third-order valence-electron chi connectivity index (χ3n) is 2.77. The maximum absolute atomic E-state index is 5.26. The highest BCUT2D eigenvalue weighted by atomic mass is 79.9. The van der Waals surface area contributed by atoms with Crippen LogP contribution in [0, 0.1) is 0 Å². The molecule has 0 bridgehead atoms. The van der Waals surface area contributed by atoms with Gasteiger partial charge in [-0.3, -0.25) is 0 Å². The Labute approximate surface area is 120 Å². The second kappa shape index (κ2) is 6.79.